The average Bonchev–Trinajstić information content (AvgIpc) is 3.18. The number of nitrogens with zero attached hydrogens (tertiary/aromatic N) is 2. The summed E-state index contributed by atoms with van der Waals surface area (Å²) in [7, 11) is 1.59. The summed E-state index contributed by atoms with van der Waals surface area (Å²) in [5.41, 5.74) is 2.21. The van der Waals surface area contributed by atoms with Crippen LogP contribution in [0.15, 0.2) is 75.7 Å². The average molecular weight is 515 g/mol. The number of aromatic nitrogens is 1. The van der Waals surface area contributed by atoms with Crippen LogP contribution < -0.4 is 24.4 Å². The molecule has 3 aromatic carbocycles. The van der Waals surface area contributed by atoms with Gasteiger partial charge >= 0.3 is 0 Å². The Balaban J connectivity index is 1.81. The molecule has 1 atom stereocenters. The fourth-order valence-corrected chi connectivity index (χ4v) is 5.87. The summed E-state index contributed by atoms with van der Waals surface area (Å²) in [5, 5.41) is 11.9. The molecule has 1 N–H and O–H groups in total. The number of thiazole rings is 1. The minimum Gasteiger partial charge on any atom is -0.504 e. The maximum absolute atomic E-state index is 13.9. The van der Waals surface area contributed by atoms with Crippen molar-refractivity contribution in [1.29, 1.82) is 0 Å². The van der Waals surface area contributed by atoms with E-state index in [1.165, 1.54) is 24.3 Å². The molecule has 0 fully saturated rings. The molecule has 37 heavy (non-hydrogen) atoms. The van der Waals surface area contributed by atoms with E-state index in [9.17, 15) is 14.7 Å². The first kappa shape index (κ1) is 24.5. The molecule has 0 aliphatic carbocycles. The third kappa shape index (κ3) is 4.23. The van der Waals surface area contributed by atoms with E-state index >= 15 is 0 Å². The molecule has 0 unspecified atom stereocenters. The standard InChI is InChI=1S/C29H26N2O5S/c1-5-36-23-14-18(10-12-21(23)33)15-24-28(34)31-27(25(17(3)32)16(2)30-29(31)37-24)26-20-9-7-6-8-19(20)11-13-22(26)35-4/h6-15,27,33H,5H2,1-4H3/t27-/m1/s1. The molecule has 1 aromatic heterocycles. The van der Waals surface area contributed by atoms with Gasteiger partial charge in [0, 0.05) is 16.8 Å². The van der Waals surface area contributed by atoms with Crippen molar-refractivity contribution in [2.75, 3.05) is 13.7 Å². The number of hydrogen-bond acceptors (Lipinski definition) is 7. The van der Waals surface area contributed by atoms with Gasteiger partial charge in [-0.3, -0.25) is 14.2 Å². The summed E-state index contributed by atoms with van der Waals surface area (Å²) < 4.78 is 13.3. The maximum Gasteiger partial charge on any atom is 0.271 e. The Morgan fingerprint density at radius 2 is 1.95 bits per heavy atom. The Bertz CT molecular complexity index is 1760. The predicted molar refractivity (Wildman–Crippen MR) is 144 cm³/mol. The molecular formula is C29H26N2O5S. The van der Waals surface area contributed by atoms with Crippen molar-refractivity contribution in [2.45, 2.75) is 26.8 Å². The van der Waals surface area contributed by atoms with E-state index in [4.69, 9.17) is 9.47 Å². The maximum atomic E-state index is 13.9. The molecule has 2 heterocycles. The van der Waals surface area contributed by atoms with Gasteiger partial charge in [-0.2, -0.15) is 0 Å². The number of phenols is 1. The number of ketones is 1. The molecule has 4 aromatic rings. The van der Waals surface area contributed by atoms with E-state index in [1.54, 1.807) is 36.8 Å². The fourth-order valence-electron chi connectivity index (χ4n) is 4.82. The summed E-state index contributed by atoms with van der Waals surface area (Å²) >= 11 is 1.25. The number of allylic oxidation sites excluding steroid dienone is 2. The highest BCUT2D eigenvalue weighted by Crippen LogP contribution is 2.40. The molecule has 7 nitrogen and oxygen atoms in total. The van der Waals surface area contributed by atoms with Crippen LogP contribution in [0.2, 0.25) is 0 Å². The van der Waals surface area contributed by atoms with Crippen molar-refractivity contribution in [3.05, 3.63) is 96.7 Å². The lowest BCUT2D eigenvalue weighted by atomic mass is 9.89. The van der Waals surface area contributed by atoms with Gasteiger partial charge in [0.15, 0.2) is 22.1 Å². The van der Waals surface area contributed by atoms with Crippen LogP contribution in [0.4, 0.5) is 0 Å². The Labute approximate surface area is 217 Å². The van der Waals surface area contributed by atoms with Gasteiger partial charge < -0.3 is 14.6 Å². The summed E-state index contributed by atoms with van der Waals surface area (Å²) in [6, 6.07) is 15.9. The van der Waals surface area contributed by atoms with Crippen molar-refractivity contribution >= 4 is 34.0 Å². The highest BCUT2D eigenvalue weighted by Gasteiger charge is 2.33. The molecule has 0 saturated carbocycles. The first-order valence-corrected chi connectivity index (χ1v) is 12.7. The number of fused-ring (bicyclic) bond motifs is 2. The lowest BCUT2D eigenvalue weighted by Gasteiger charge is -2.27. The van der Waals surface area contributed by atoms with Crippen LogP contribution in [0, 0.1) is 0 Å². The van der Waals surface area contributed by atoms with Crippen LogP contribution in [0.25, 0.3) is 16.8 Å². The number of Topliss-reactive ketones (excluding diaryl/α,β-unsaturated/α-hetero) is 1. The molecule has 0 amide bonds. The van der Waals surface area contributed by atoms with E-state index in [2.05, 4.69) is 4.99 Å². The molecular weight excluding hydrogens is 488 g/mol. The fraction of sp³-hybridized carbons (Fsp3) is 0.207. The van der Waals surface area contributed by atoms with Gasteiger partial charge in [-0.05, 0) is 61.4 Å². The van der Waals surface area contributed by atoms with Crippen molar-refractivity contribution in [3.8, 4) is 17.2 Å². The van der Waals surface area contributed by atoms with E-state index in [-0.39, 0.29) is 17.1 Å². The summed E-state index contributed by atoms with van der Waals surface area (Å²) in [6.07, 6.45) is 1.75. The first-order valence-electron chi connectivity index (χ1n) is 11.9. The molecule has 188 valence electrons. The predicted octanol–water partition coefficient (Wildman–Crippen LogP) is 4.09. The summed E-state index contributed by atoms with van der Waals surface area (Å²) in [6.45, 7) is 5.53. The lowest BCUT2D eigenvalue weighted by molar-refractivity contribution is -0.114. The lowest BCUT2D eigenvalue weighted by Crippen LogP contribution is -2.39. The minimum absolute atomic E-state index is 0.0326. The molecule has 0 bridgehead atoms. The third-order valence-corrected chi connectivity index (χ3v) is 7.39. The largest absolute Gasteiger partial charge is 0.504 e. The Kier molecular flexibility index (Phi) is 6.43. The third-order valence-electron chi connectivity index (χ3n) is 6.41. The van der Waals surface area contributed by atoms with Crippen LogP contribution in [-0.2, 0) is 4.79 Å². The van der Waals surface area contributed by atoms with Crippen LogP contribution in [-0.4, -0.2) is 29.2 Å². The topological polar surface area (TPSA) is 90.1 Å². The van der Waals surface area contributed by atoms with Gasteiger partial charge in [0.2, 0.25) is 0 Å². The van der Waals surface area contributed by atoms with Crippen molar-refractivity contribution in [3.63, 3.8) is 0 Å². The zero-order valence-electron chi connectivity index (χ0n) is 20.9. The second-order valence-electron chi connectivity index (χ2n) is 8.70. The SMILES string of the molecule is CCOc1cc(C=c2sc3n(c2=O)[C@@H](c2c(OC)ccc4ccccc24)C(C(C)=O)=C(C)N=3)ccc1O. The van der Waals surface area contributed by atoms with E-state index in [0.717, 1.165) is 16.3 Å². The highest BCUT2D eigenvalue weighted by atomic mass is 32.1. The number of methoxy groups -OCH3 is 1. The van der Waals surface area contributed by atoms with Crippen molar-refractivity contribution in [1.82, 2.24) is 4.57 Å². The number of phenolic OH excluding ortho intramolecular Hbond substituents is 1. The number of hydrogen-bond donors (Lipinski definition) is 1. The smallest absolute Gasteiger partial charge is 0.271 e. The number of carbonyl (C=O) groups is 1. The zero-order chi connectivity index (χ0) is 26.3. The van der Waals surface area contributed by atoms with E-state index < -0.39 is 6.04 Å². The first-order chi connectivity index (χ1) is 17.8. The molecule has 0 radical (unpaired) electrons. The number of ether oxygens (including phenoxy) is 2. The number of benzene rings is 3. The van der Waals surface area contributed by atoms with Crippen LogP contribution in [0.5, 0.6) is 17.2 Å². The van der Waals surface area contributed by atoms with Gasteiger partial charge in [-0.15, -0.1) is 0 Å². The molecule has 0 saturated heterocycles. The summed E-state index contributed by atoms with van der Waals surface area (Å²) in [4.78, 5) is 32.0. The molecule has 0 spiro atoms. The Morgan fingerprint density at radius 3 is 2.68 bits per heavy atom. The van der Waals surface area contributed by atoms with Crippen molar-refractivity contribution < 1.29 is 19.4 Å². The zero-order valence-corrected chi connectivity index (χ0v) is 21.8. The minimum atomic E-state index is -0.698. The summed E-state index contributed by atoms with van der Waals surface area (Å²) in [5.74, 6) is 0.810. The Morgan fingerprint density at radius 1 is 1.16 bits per heavy atom. The second kappa shape index (κ2) is 9.71. The van der Waals surface area contributed by atoms with Gasteiger partial charge in [-0.1, -0.05) is 47.7 Å². The molecule has 1 aliphatic heterocycles. The van der Waals surface area contributed by atoms with Gasteiger partial charge in [0.05, 0.1) is 24.3 Å². The number of rotatable bonds is 6. The van der Waals surface area contributed by atoms with E-state index in [1.807, 2.05) is 43.3 Å². The van der Waals surface area contributed by atoms with Gasteiger partial charge in [0.25, 0.3) is 5.56 Å². The quantitative estimate of drug-likeness (QED) is 0.419. The second-order valence-corrected chi connectivity index (χ2v) is 9.71. The molecule has 5 rings (SSSR count). The van der Waals surface area contributed by atoms with Gasteiger partial charge in [0.1, 0.15) is 5.75 Å². The number of carbonyl (C=O) groups excluding carboxylic acids is 1. The normalized spacial score (nSPS) is 15.5. The van der Waals surface area contributed by atoms with E-state index in [0.29, 0.717) is 44.3 Å². The Hall–Kier alpha value is -4.17. The molecule has 8 heteroatoms. The highest BCUT2D eigenvalue weighted by molar-refractivity contribution is 7.07. The van der Waals surface area contributed by atoms with Gasteiger partial charge in [-0.25, -0.2) is 4.99 Å². The van der Waals surface area contributed by atoms with Crippen LogP contribution in [0.3, 0.4) is 0 Å². The molecule has 1 aliphatic rings. The monoisotopic (exact) mass is 514 g/mol. The van der Waals surface area contributed by atoms with Crippen LogP contribution in [0.1, 0.15) is 37.9 Å². The number of aromatic hydroxyl groups is 1. The van der Waals surface area contributed by atoms with Crippen LogP contribution >= 0.6 is 11.3 Å². The van der Waals surface area contributed by atoms with Crippen molar-refractivity contribution in [2.24, 2.45) is 4.99 Å².